The van der Waals surface area contributed by atoms with Gasteiger partial charge in [-0.2, -0.15) is 0 Å². The first-order chi connectivity index (χ1) is 8.41. The Labute approximate surface area is 106 Å². The Balaban J connectivity index is 3.38. The molecule has 1 nitrogen and oxygen atoms in total. The van der Waals surface area contributed by atoms with Gasteiger partial charge in [-0.1, -0.05) is 62.3 Å². The van der Waals surface area contributed by atoms with Gasteiger partial charge < -0.3 is 0 Å². The van der Waals surface area contributed by atoms with E-state index < -0.39 is 0 Å². The van der Waals surface area contributed by atoms with Crippen LogP contribution < -0.4 is 0 Å². The van der Waals surface area contributed by atoms with Crippen LogP contribution in [0.2, 0.25) is 0 Å². The fraction of sp³-hybridized carbons (Fsp3) is 0.438. The van der Waals surface area contributed by atoms with E-state index in [1.807, 2.05) is 12.2 Å². The summed E-state index contributed by atoms with van der Waals surface area (Å²) in [6, 6.07) is 0. The number of carbonyl (C=O) groups excluding carboxylic acids is 1. The van der Waals surface area contributed by atoms with E-state index in [2.05, 4.69) is 31.2 Å². The molecule has 0 radical (unpaired) electrons. The third-order valence-corrected chi connectivity index (χ3v) is 2.29. The summed E-state index contributed by atoms with van der Waals surface area (Å²) < 4.78 is 0. The van der Waals surface area contributed by atoms with Gasteiger partial charge in [-0.3, -0.25) is 4.79 Å². The van der Waals surface area contributed by atoms with Gasteiger partial charge in [0.15, 0.2) is 0 Å². The highest BCUT2D eigenvalue weighted by Gasteiger charge is 1.80. The first-order valence-corrected chi connectivity index (χ1v) is 6.48. The van der Waals surface area contributed by atoms with Gasteiger partial charge in [0.1, 0.15) is 6.29 Å². The molecule has 0 rings (SSSR count). The van der Waals surface area contributed by atoms with E-state index in [0.717, 1.165) is 19.1 Å². The summed E-state index contributed by atoms with van der Waals surface area (Å²) in [7, 11) is 0. The van der Waals surface area contributed by atoms with Crippen LogP contribution >= 0.6 is 0 Å². The van der Waals surface area contributed by atoms with Crippen molar-refractivity contribution in [3.05, 3.63) is 48.6 Å². The number of aldehydes is 1. The molecule has 0 spiro atoms. The largest absolute Gasteiger partial charge is 0.299 e. The fourth-order valence-corrected chi connectivity index (χ4v) is 1.34. The molecule has 0 aliphatic heterocycles. The zero-order valence-electron chi connectivity index (χ0n) is 10.8. The summed E-state index contributed by atoms with van der Waals surface area (Å²) in [4.78, 5) is 9.96. The van der Waals surface area contributed by atoms with Crippen LogP contribution in [0.5, 0.6) is 0 Å². The van der Waals surface area contributed by atoms with Gasteiger partial charge in [0.05, 0.1) is 0 Å². The van der Waals surface area contributed by atoms with Gasteiger partial charge >= 0.3 is 0 Å². The van der Waals surface area contributed by atoms with Gasteiger partial charge in [-0.05, 0) is 31.8 Å². The number of rotatable bonds is 10. The maximum atomic E-state index is 9.96. The summed E-state index contributed by atoms with van der Waals surface area (Å²) in [5, 5.41) is 0. The van der Waals surface area contributed by atoms with Crippen LogP contribution in [-0.2, 0) is 4.79 Å². The molecule has 0 aromatic rings. The Bertz CT molecular complexity index is 269. The summed E-state index contributed by atoms with van der Waals surface area (Å²) in [5.41, 5.74) is 0. The smallest absolute Gasteiger partial charge is 0.142 e. The minimum absolute atomic E-state index is 0.781. The van der Waals surface area contributed by atoms with Crippen LogP contribution in [0.3, 0.4) is 0 Å². The molecule has 0 aliphatic carbocycles. The number of unbranched alkanes of at least 4 members (excludes halogenated alkanes) is 3. The average Bonchev–Trinajstić information content (AvgIpc) is 2.35. The molecule has 0 bridgehead atoms. The molecule has 0 unspecified atom stereocenters. The molecule has 94 valence electrons. The lowest BCUT2D eigenvalue weighted by molar-refractivity contribution is -0.104. The zero-order valence-corrected chi connectivity index (χ0v) is 10.8. The normalized spacial score (nSPS) is 12.5. The van der Waals surface area contributed by atoms with E-state index >= 15 is 0 Å². The minimum Gasteiger partial charge on any atom is -0.299 e. The van der Waals surface area contributed by atoms with Gasteiger partial charge in [-0.15, -0.1) is 0 Å². The van der Waals surface area contributed by atoms with E-state index in [4.69, 9.17) is 0 Å². The number of allylic oxidation sites excluding steroid dienone is 8. The van der Waals surface area contributed by atoms with Crippen molar-refractivity contribution in [2.45, 2.75) is 45.4 Å². The second-order valence-electron chi connectivity index (χ2n) is 3.86. The average molecular weight is 232 g/mol. The molecular weight excluding hydrogens is 208 g/mol. The molecule has 0 saturated carbocycles. The SMILES string of the molecule is CCCCCC=CCC=CCC=CC=CC=O. The fourth-order valence-electron chi connectivity index (χ4n) is 1.34. The van der Waals surface area contributed by atoms with Crippen molar-refractivity contribution in [3.63, 3.8) is 0 Å². The van der Waals surface area contributed by atoms with Crippen molar-refractivity contribution in [2.75, 3.05) is 0 Å². The summed E-state index contributed by atoms with van der Waals surface area (Å²) >= 11 is 0. The van der Waals surface area contributed by atoms with Crippen molar-refractivity contribution in [2.24, 2.45) is 0 Å². The summed E-state index contributed by atoms with van der Waals surface area (Å²) in [5.74, 6) is 0. The molecule has 0 aromatic carbocycles. The van der Waals surface area contributed by atoms with Crippen molar-refractivity contribution in [1.82, 2.24) is 0 Å². The predicted octanol–water partition coefficient (Wildman–Crippen LogP) is 4.77. The van der Waals surface area contributed by atoms with E-state index in [9.17, 15) is 4.79 Å². The second-order valence-corrected chi connectivity index (χ2v) is 3.86. The summed E-state index contributed by atoms with van der Waals surface area (Å²) in [6.07, 6.45) is 23.8. The molecule has 0 atom stereocenters. The molecule has 0 N–H and O–H groups in total. The standard InChI is InChI=1S/C16H24O/c1-2-3-4-5-6-7-8-9-10-11-12-13-14-15-16-17/h6-7,9-10,12-16H,2-5,8,11H2,1H3. The maximum absolute atomic E-state index is 9.96. The highest BCUT2D eigenvalue weighted by molar-refractivity contribution is 5.65. The van der Waals surface area contributed by atoms with E-state index in [-0.39, 0.29) is 0 Å². The van der Waals surface area contributed by atoms with Crippen LogP contribution in [-0.4, -0.2) is 6.29 Å². The highest BCUT2D eigenvalue weighted by Crippen LogP contribution is 2.00. The number of hydrogen-bond acceptors (Lipinski definition) is 1. The monoisotopic (exact) mass is 232 g/mol. The number of carbonyl (C=O) groups is 1. The Morgan fingerprint density at radius 1 is 0.765 bits per heavy atom. The second kappa shape index (κ2) is 14.6. The minimum atomic E-state index is 0.781. The topological polar surface area (TPSA) is 17.1 Å². The molecular formula is C16H24O. The van der Waals surface area contributed by atoms with Crippen LogP contribution in [0.4, 0.5) is 0 Å². The third-order valence-electron chi connectivity index (χ3n) is 2.29. The van der Waals surface area contributed by atoms with Crippen molar-refractivity contribution >= 4 is 6.29 Å². The Hall–Kier alpha value is -1.37. The Morgan fingerprint density at radius 2 is 1.47 bits per heavy atom. The van der Waals surface area contributed by atoms with Gasteiger partial charge in [-0.25, -0.2) is 0 Å². The third kappa shape index (κ3) is 14.6. The first-order valence-electron chi connectivity index (χ1n) is 6.48. The molecule has 0 fully saturated rings. The number of hydrogen-bond donors (Lipinski definition) is 0. The molecule has 0 aromatic heterocycles. The zero-order chi connectivity index (χ0) is 12.6. The Morgan fingerprint density at radius 3 is 2.18 bits per heavy atom. The summed E-state index contributed by atoms with van der Waals surface area (Å²) in [6.45, 7) is 2.23. The van der Waals surface area contributed by atoms with Gasteiger partial charge in [0.25, 0.3) is 0 Å². The van der Waals surface area contributed by atoms with Gasteiger partial charge in [0.2, 0.25) is 0 Å². The molecule has 1 heteroatoms. The van der Waals surface area contributed by atoms with Crippen LogP contribution in [0.15, 0.2) is 48.6 Å². The van der Waals surface area contributed by atoms with Crippen LogP contribution in [0.1, 0.15) is 45.4 Å². The van der Waals surface area contributed by atoms with Crippen molar-refractivity contribution in [3.8, 4) is 0 Å². The highest BCUT2D eigenvalue weighted by atomic mass is 16.1. The predicted molar refractivity (Wildman–Crippen MR) is 76.0 cm³/mol. The van der Waals surface area contributed by atoms with Crippen LogP contribution in [0.25, 0.3) is 0 Å². The first kappa shape index (κ1) is 15.6. The van der Waals surface area contributed by atoms with Crippen molar-refractivity contribution in [1.29, 1.82) is 0 Å². The molecule has 0 aliphatic rings. The van der Waals surface area contributed by atoms with E-state index in [0.29, 0.717) is 0 Å². The molecule has 0 amide bonds. The molecule has 0 saturated heterocycles. The Kier molecular flexibility index (Phi) is 13.5. The lowest BCUT2D eigenvalue weighted by Gasteiger charge is -1.90. The lowest BCUT2D eigenvalue weighted by atomic mass is 10.2. The van der Waals surface area contributed by atoms with Gasteiger partial charge in [0, 0.05) is 0 Å². The lowest BCUT2D eigenvalue weighted by Crippen LogP contribution is -1.70. The van der Waals surface area contributed by atoms with E-state index in [1.54, 1.807) is 6.08 Å². The van der Waals surface area contributed by atoms with E-state index in [1.165, 1.54) is 31.8 Å². The molecule has 0 heterocycles. The molecule has 17 heavy (non-hydrogen) atoms. The maximum Gasteiger partial charge on any atom is 0.142 e. The quantitative estimate of drug-likeness (QED) is 0.174. The van der Waals surface area contributed by atoms with Crippen LogP contribution in [0, 0.1) is 0 Å². The van der Waals surface area contributed by atoms with Crippen molar-refractivity contribution < 1.29 is 4.79 Å².